The first-order valence-corrected chi connectivity index (χ1v) is 4.26. The molecule has 0 saturated carbocycles. The van der Waals surface area contributed by atoms with Gasteiger partial charge in [-0.15, -0.1) is 0 Å². The molecule has 13 heavy (non-hydrogen) atoms. The van der Waals surface area contributed by atoms with Crippen LogP contribution in [0.3, 0.4) is 0 Å². The van der Waals surface area contributed by atoms with E-state index in [1.807, 2.05) is 16.8 Å². The summed E-state index contributed by atoms with van der Waals surface area (Å²) in [4.78, 5) is 0. The summed E-state index contributed by atoms with van der Waals surface area (Å²) < 4.78 is 14.8. The summed E-state index contributed by atoms with van der Waals surface area (Å²) in [5, 5.41) is 0.924. The lowest BCUT2D eigenvalue weighted by Crippen LogP contribution is -2.08. The Bertz CT molecular complexity index is 420. The number of nitrogens with two attached hydrogens (primary N) is 1. The van der Waals surface area contributed by atoms with Crippen LogP contribution in [-0.4, -0.2) is 11.1 Å². The lowest BCUT2D eigenvalue weighted by atomic mass is 10.2. The van der Waals surface area contributed by atoms with Crippen LogP contribution in [0.15, 0.2) is 30.5 Å². The Morgan fingerprint density at radius 1 is 1.31 bits per heavy atom. The van der Waals surface area contributed by atoms with Gasteiger partial charge in [-0.3, -0.25) is 0 Å². The van der Waals surface area contributed by atoms with E-state index in [0.29, 0.717) is 6.54 Å². The molecule has 2 nitrogen and oxygen atoms in total. The summed E-state index contributed by atoms with van der Waals surface area (Å²) in [6.07, 6.45) is 1.93. The van der Waals surface area contributed by atoms with Crippen LogP contribution in [0.2, 0.25) is 0 Å². The smallest absolute Gasteiger partial charge is 0.123 e. The van der Waals surface area contributed by atoms with Gasteiger partial charge in [0, 0.05) is 30.2 Å². The van der Waals surface area contributed by atoms with E-state index in [2.05, 4.69) is 0 Å². The molecule has 0 radical (unpaired) electrons. The van der Waals surface area contributed by atoms with Gasteiger partial charge in [-0.25, -0.2) is 4.39 Å². The van der Waals surface area contributed by atoms with E-state index in [1.54, 1.807) is 6.07 Å². The maximum Gasteiger partial charge on any atom is 0.123 e. The minimum Gasteiger partial charge on any atom is -0.346 e. The lowest BCUT2D eigenvalue weighted by Gasteiger charge is -2.01. The van der Waals surface area contributed by atoms with Gasteiger partial charge in [0.25, 0.3) is 0 Å². The van der Waals surface area contributed by atoms with E-state index in [9.17, 15) is 4.39 Å². The third-order valence-electron chi connectivity index (χ3n) is 2.10. The van der Waals surface area contributed by atoms with Crippen LogP contribution >= 0.6 is 0 Å². The minimum atomic E-state index is -0.196. The third kappa shape index (κ3) is 1.42. The predicted octanol–water partition coefficient (Wildman–Crippen LogP) is 1.74. The van der Waals surface area contributed by atoms with Crippen molar-refractivity contribution in [3.8, 4) is 0 Å². The molecule has 1 aromatic heterocycles. The van der Waals surface area contributed by atoms with E-state index in [1.165, 1.54) is 12.1 Å². The molecule has 0 aliphatic heterocycles. The quantitative estimate of drug-likeness (QED) is 0.746. The molecular formula is C10H11FN2. The Kier molecular flexibility index (Phi) is 2.02. The fourth-order valence-electron chi connectivity index (χ4n) is 1.51. The zero-order chi connectivity index (χ0) is 9.26. The molecule has 0 saturated heterocycles. The summed E-state index contributed by atoms with van der Waals surface area (Å²) in [5.74, 6) is -0.196. The van der Waals surface area contributed by atoms with Crippen molar-refractivity contribution in [2.24, 2.45) is 5.73 Å². The van der Waals surface area contributed by atoms with Crippen molar-refractivity contribution in [2.45, 2.75) is 6.54 Å². The molecule has 1 aromatic carbocycles. The summed E-state index contributed by atoms with van der Waals surface area (Å²) in [7, 11) is 0. The van der Waals surface area contributed by atoms with Gasteiger partial charge in [0.15, 0.2) is 0 Å². The summed E-state index contributed by atoms with van der Waals surface area (Å²) in [6, 6.07) is 6.67. The maximum atomic E-state index is 12.8. The molecule has 1 heterocycles. The number of hydrogen-bond acceptors (Lipinski definition) is 1. The first-order valence-electron chi connectivity index (χ1n) is 4.26. The topological polar surface area (TPSA) is 30.9 Å². The van der Waals surface area contributed by atoms with E-state index in [4.69, 9.17) is 5.73 Å². The molecule has 3 heteroatoms. The van der Waals surface area contributed by atoms with Crippen LogP contribution in [0.5, 0.6) is 0 Å². The molecule has 0 unspecified atom stereocenters. The number of rotatable bonds is 2. The molecular weight excluding hydrogens is 167 g/mol. The van der Waals surface area contributed by atoms with E-state index < -0.39 is 0 Å². The van der Waals surface area contributed by atoms with Crippen molar-refractivity contribution in [3.63, 3.8) is 0 Å². The number of aromatic nitrogens is 1. The van der Waals surface area contributed by atoms with E-state index in [0.717, 1.165) is 17.4 Å². The number of hydrogen-bond donors (Lipinski definition) is 1. The van der Waals surface area contributed by atoms with Gasteiger partial charge in [-0.2, -0.15) is 0 Å². The zero-order valence-corrected chi connectivity index (χ0v) is 7.20. The summed E-state index contributed by atoms with van der Waals surface area (Å²) >= 11 is 0. The van der Waals surface area contributed by atoms with E-state index in [-0.39, 0.29) is 5.82 Å². The zero-order valence-electron chi connectivity index (χ0n) is 7.20. The SMILES string of the molecule is NCCn1ccc2cc(F)ccc21. The Balaban J connectivity index is 2.55. The Hall–Kier alpha value is -1.35. The Labute approximate surface area is 75.8 Å². The summed E-state index contributed by atoms with van der Waals surface area (Å²) in [5.41, 5.74) is 6.48. The van der Waals surface area contributed by atoms with Gasteiger partial charge in [0.05, 0.1) is 0 Å². The summed E-state index contributed by atoms with van der Waals surface area (Å²) in [6.45, 7) is 1.37. The lowest BCUT2D eigenvalue weighted by molar-refractivity contribution is 0.629. The molecule has 2 aromatic rings. The van der Waals surface area contributed by atoms with Crippen LogP contribution in [0.1, 0.15) is 0 Å². The van der Waals surface area contributed by atoms with Crippen molar-refractivity contribution < 1.29 is 4.39 Å². The second-order valence-electron chi connectivity index (χ2n) is 3.00. The largest absolute Gasteiger partial charge is 0.346 e. The predicted molar refractivity (Wildman–Crippen MR) is 51.0 cm³/mol. The van der Waals surface area contributed by atoms with Gasteiger partial charge in [-0.1, -0.05) is 0 Å². The normalized spacial score (nSPS) is 10.9. The van der Waals surface area contributed by atoms with Crippen molar-refractivity contribution in [2.75, 3.05) is 6.54 Å². The molecule has 0 fully saturated rings. The standard InChI is InChI=1S/C10H11FN2/c11-9-1-2-10-8(7-9)3-5-13(10)6-4-12/h1-3,5,7H,4,6,12H2. The van der Waals surface area contributed by atoms with Crippen molar-refractivity contribution in [3.05, 3.63) is 36.3 Å². The highest BCUT2D eigenvalue weighted by Gasteiger charge is 2.00. The first-order chi connectivity index (χ1) is 6.31. The molecule has 0 aliphatic carbocycles. The highest BCUT2D eigenvalue weighted by atomic mass is 19.1. The van der Waals surface area contributed by atoms with Crippen LogP contribution in [0.25, 0.3) is 10.9 Å². The monoisotopic (exact) mass is 178 g/mol. The molecule has 0 aliphatic rings. The average Bonchev–Trinajstić information content (AvgIpc) is 2.49. The molecule has 2 N–H and O–H groups in total. The Morgan fingerprint density at radius 3 is 2.92 bits per heavy atom. The molecule has 0 bridgehead atoms. The fourth-order valence-corrected chi connectivity index (χ4v) is 1.51. The van der Waals surface area contributed by atoms with Crippen LogP contribution in [0, 0.1) is 5.82 Å². The second kappa shape index (κ2) is 3.18. The molecule has 0 amide bonds. The first kappa shape index (κ1) is 8.26. The van der Waals surface area contributed by atoms with Crippen molar-refractivity contribution in [1.29, 1.82) is 0 Å². The highest BCUT2D eigenvalue weighted by molar-refractivity contribution is 5.80. The van der Waals surface area contributed by atoms with Crippen LogP contribution < -0.4 is 5.73 Å². The minimum absolute atomic E-state index is 0.196. The van der Waals surface area contributed by atoms with Gasteiger partial charge in [0.2, 0.25) is 0 Å². The highest BCUT2D eigenvalue weighted by Crippen LogP contribution is 2.16. The van der Waals surface area contributed by atoms with Gasteiger partial charge >= 0.3 is 0 Å². The number of nitrogens with zero attached hydrogens (tertiary/aromatic N) is 1. The number of benzene rings is 1. The second-order valence-corrected chi connectivity index (χ2v) is 3.00. The average molecular weight is 178 g/mol. The van der Waals surface area contributed by atoms with E-state index >= 15 is 0 Å². The fraction of sp³-hybridized carbons (Fsp3) is 0.200. The molecule has 0 spiro atoms. The Morgan fingerprint density at radius 2 is 2.15 bits per heavy atom. The van der Waals surface area contributed by atoms with Crippen LogP contribution in [0.4, 0.5) is 4.39 Å². The number of fused-ring (bicyclic) bond motifs is 1. The molecule has 2 rings (SSSR count). The molecule has 68 valence electrons. The third-order valence-corrected chi connectivity index (χ3v) is 2.10. The molecule has 0 atom stereocenters. The maximum absolute atomic E-state index is 12.8. The number of halogens is 1. The van der Waals surface area contributed by atoms with Gasteiger partial charge < -0.3 is 10.3 Å². The van der Waals surface area contributed by atoms with Crippen molar-refractivity contribution >= 4 is 10.9 Å². The van der Waals surface area contributed by atoms with Gasteiger partial charge in [0.1, 0.15) is 5.82 Å². The van der Waals surface area contributed by atoms with Crippen molar-refractivity contribution in [1.82, 2.24) is 4.57 Å². The van der Waals surface area contributed by atoms with Gasteiger partial charge in [-0.05, 0) is 24.3 Å². The van der Waals surface area contributed by atoms with Crippen LogP contribution in [-0.2, 0) is 6.54 Å².